The second-order valence-electron chi connectivity index (χ2n) is 3.33. The van der Waals surface area contributed by atoms with Gasteiger partial charge >= 0.3 is 5.97 Å². The SMILES string of the molecule is CC#C[C@H](C)Oc1cc(N)c(Cl)cc1C(=O)O. The molecule has 1 atom stereocenters. The van der Waals surface area contributed by atoms with E-state index in [-0.39, 0.29) is 22.0 Å². The van der Waals surface area contributed by atoms with E-state index in [9.17, 15) is 4.79 Å². The quantitative estimate of drug-likeness (QED) is 0.641. The molecule has 5 heteroatoms. The van der Waals surface area contributed by atoms with Crippen LogP contribution >= 0.6 is 11.6 Å². The van der Waals surface area contributed by atoms with Crippen molar-refractivity contribution < 1.29 is 14.6 Å². The molecular formula is C12H12ClNO3. The molecule has 0 aliphatic rings. The minimum absolute atomic E-state index is 0.0334. The molecule has 0 aliphatic carbocycles. The number of ether oxygens (including phenoxy) is 1. The number of halogens is 1. The van der Waals surface area contributed by atoms with Gasteiger partial charge in [-0.15, -0.1) is 5.92 Å². The van der Waals surface area contributed by atoms with Gasteiger partial charge in [0.25, 0.3) is 0 Å². The molecule has 3 N–H and O–H groups in total. The van der Waals surface area contributed by atoms with Crippen LogP contribution in [0.15, 0.2) is 12.1 Å². The van der Waals surface area contributed by atoms with Crippen LogP contribution in [0.5, 0.6) is 5.75 Å². The summed E-state index contributed by atoms with van der Waals surface area (Å²) in [6.07, 6.45) is -0.418. The van der Waals surface area contributed by atoms with Gasteiger partial charge in [-0.1, -0.05) is 17.5 Å². The van der Waals surface area contributed by atoms with Gasteiger partial charge in [0, 0.05) is 6.07 Å². The number of anilines is 1. The molecule has 90 valence electrons. The number of carboxylic acid groups (broad SMARTS) is 1. The van der Waals surface area contributed by atoms with E-state index in [0.29, 0.717) is 0 Å². The molecule has 0 amide bonds. The largest absolute Gasteiger partial charge is 0.478 e. The standard InChI is InChI=1S/C12H12ClNO3/c1-3-4-7(2)17-11-6-10(14)9(13)5-8(11)12(15)16/h5-7H,14H2,1-2H3,(H,15,16)/t7-/m0/s1. The molecule has 0 unspecified atom stereocenters. The van der Waals surface area contributed by atoms with Crippen LogP contribution in [0.3, 0.4) is 0 Å². The van der Waals surface area contributed by atoms with Crippen molar-refractivity contribution in [1.82, 2.24) is 0 Å². The molecule has 0 spiro atoms. The number of benzene rings is 1. The molecule has 0 aliphatic heterocycles. The molecule has 0 bridgehead atoms. The smallest absolute Gasteiger partial charge is 0.339 e. The second-order valence-corrected chi connectivity index (χ2v) is 3.74. The Morgan fingerprint density at radius 3 is 2.76 bits per heavy atom. The van der Waals surface area contributed by atoms with Crippen molar-refractivity contribution in [2.75, 3.05) is 5.73 Å². The molecule has 4 nitrogen and oxygen atoms in total. The Morgan fingerprint density at radius 1 is 1.59 bits per heavy atom. The normalized spacial score (nSPS) is 11.2. The zero-order chi connectivity index (χ0) is 13.0. The first-order valence-electron chi connectivity index (χ1n) is 4.87. The third-order valence-corrected chi connectivity index (χ3v) is 2.31. The van der Waals surface area contributed by atoms with Crippen molar-refractivity contribution in [1.29, 1.82) is 0 Å². The minimum Gasteiger partial charge on any atom is -0.478 e. The minimum atomic E-state index is -1.13. The molecule has 1 aromatic carbocycles. The van der Waals surface area contributed by atoms with Crippen LogP contribution in [0.4, 0.5) is 5.69 Å². The van der Waals surface area contributed by atoms with Crippen LogP contribution < -0.4 is 10.5 Å². The van der Waals surface area contributed by atoms with Crippen molar-refractivity contribution in [3.8, 4) is 17.6 Å². The first kappa shape index (κ1) is 13.2. The third kappa shape index (κ3) is 3.30. The van der Waals surface area contributed by atoms with E-state index in [2.05, 4.69) is 11.8 Å². The highest BCUT2D eigenvalue weighted by Crippen LogP contribution is 2.29. The fourth-order valence-corrected chi connectivity index (χ4v) is 1.42. The summed E-state index contributed by atoms with van der Waals surface area (Å²) in [5, 5.41) is 9.19. The van der Waals surface area contributed by atoms with E-state index >= 15 is 0 Å². The summed E-state index contributed by atoms with van der Waals surface area (Å²) in [6.45, 7) is 3.39. The summed E-state index contributed by atoms with van der Waals surface area (Å²) in [6, 6.07) is 2.65. The molecular weight excluding hydrogens is 242 g/mol. The Bertz CT molecular complexity index is 502. The molecule has 0 radical (unpaired) electrons. The number of carboxylic acids is 1. The number of nitrogen functional groups attached to an aromatic ring is 1. The Morgan fingerprint density at radius 2 is 2.24 bits per heavy atom. The van der Waals surface area contributed by atoms with Crippen LogP contribution in [0.2, 0.25) is 5.02 Å². The lowest BCUT2D eigenvalue weighted by atomic mass is 10.2. The van der Waals surface area contributed by atoms with Crippen LogP contribution in [0.1, 0.15) is 24.2 Å². The second kappa shape index (κ2) is 5.46. The van der Waals surface area contributed by atoms with E-state index in [1.54, 1.807) is 13.8 Å². The van der Waals surface area contributed by atoms with E-state index in [4.69, 9.17) is 27.2 Å². The van der Waals surface area contributed by atoms with E-state index in [1.807, 2.05) is 0 Å². The van der Waals surface area contributed by atoms with Gasteiger partial charge in [-0.2, -0.15) is 0 Å². The van der Waals surface area contributed by atoms with Crippen LogP contribution in [-0.4, -0.2) is 17.2 Å². The lowest BCUT2D eigenvalue weighted by molar-refractivity contribution is 0.0691. The number of hydrogen-bond donors (Lipinski definition) is 2. The van der Waals surface area contributed by atoms with Gasteiger partial charge in [0.05, 0.1) is 10.7 Å². The van der Waals surface area contributed by atoms with Gasteiger partial charge in [0.15, 0.2) is 6.10 Å². The Labute approximate surface area is 104 Å². The molecule has 0 saturated carbocycles. The summed E-state index contributed by atoms with van der Waals surface area (Å²) < 4.78 is 5.39. The average Bonchev–Trinajstić information content (AvgIpc) is 2.23. The predicted octanol–water partition coefficient (Wildman–Crippen LogP) is 2.41. The maximum Gasteiger partial charge on any atom is 0.339 e. The molecule has 0 saturated heterocycles. The van der Waals surface area contributed by atoms with E-state index in [1.165, 1.54) is 12.1 Å². The van der Waals surface area contributed by atoms with Gasteiger partial charge in [-0.3, -0.25) is 0 Å². The zero-order valence-electron chi connectivity index (χ0n) is 9.45. The molecule has 0 heterocycles. The summed E-state index contributed by atoms with van der Waals surface area (Å²) in [5.41, 5.74) is 5.83. The predicted molar refractivity (Wildman–Crippen MR) is 66.4 cm³/mol. The van der Waals surface area contributed by atoms with Crippen LogP contribution in [0, 0.1) is 11.8 Å². The van der Waals surface area contributed by atoms with Gasteiger partial charge < -0.3 is 15.6 Å². The van der Waals surface area contributed by atoms with Crippen molar-refractivity contribution in [3.63, 3.8) is 0 Å². The fraction of sp³-hybridized carbons (Fsp3) is 0.250. The number of aromatic carboxylic acids is 1. The highest BCUT2D eigenvalue weighted by Gasteiger charge is 2.15. The van der Waals surface area contributed by atoms with Crippen LogP contribution in [-0.2, 0) is 0 Å². The lowest BCUT2D eigenvalue weighted by Crippen LogP contribution is -2.12. The summed E-state index contributed by atoms with van der Waals surface area (Å²) in [7, 11) is 0. The topological polar surface area (TPSA) is 72.5 Å². The molecule has 1 rings (SSSR count). The Balaban J connectivity index is 3.15. The molecule has 17 heavy (non-hydrogen) atoms. The Hall–Kier alpha value is -1.86. The lowest BCUT2D eigenvalue weighted by Gasteiger charge is -2.13. The highest BCUT2D eigenvalue weighted by atomic mass is 35.5. The first-order valence-corrected chi connectivity index (χ1v) is 5.24. The Kier molecular flexibility index (Phi) is 4.24. The van der Waals surface area contributed by atoms with E-state index in [0.717, 1.165) is 0 Å². The van der Waals surface area contributed by atoms with Gasteiger partial charge in [0.2, 0.25) is 0 Å². The monoisotopic (exact) mass is 253 g/mol. The van der Waals surface area contributed by atoms with Gasteiger partial charge in [-0.25, -0.2) is 4.79 Å². The number of nitrogens with two attached hydrogens (primary N) is 1. The molecule has 0 aromatic heterocycles. The van der Waals surface area contributed by atoms with Crippen molar-refractivity contribution in [3.05, 3.63) is 22.7 Å². The summed E-state index contributed by atoms with van der Waals surface area (Å²) in [4.78, 5) is 11.0. The summed E-state index contributed by atoms with van der Waals surface area (Å²) in [5.74, 6) is 4.47. The van der Waals surface area contributed by atoms with E-state index < -0.39 is 12.1 Å². The van der Waals surface area contributed by atoms with Gasteiger partial charge in [0.1, 0.15) is 11.3 Å². The fourth-order valence-electron chi connectivity index (χ4n) is 1.26. The first-order chi connectivity index (χ1) is 7.95. The van der Waals surface area contributed by atoms with Crippen molar-refractivity contribution >= 4 is 23.3 Å². The average molecular weight is 254 g/mol. The number of carbonyl (C=O) groups is 1. The maximum atomic E-state index is 11.0. The van der Waals surface area contributed by atoms with Gasteiger partial charge in [-0.05, 0) is 19.9 Å². The van der Waals surface area contributed by atoms with Crippen LogP contribution in [0.25, 0.3) is 0 Å². The molecule has 0 fully saturated rings. The summed E-state index contributed by atoms with van der Waals surface area (Å²) >= 11 is 5.76. The third-order valence-electron chi connectivity index (χ3n) is 1.98. The van der Waals surface area contributed by atoms with Crippen molar-refractivity contribution in [2.24, 2.45) is 0 Å². The molecule has 1 aromatic rings. The maximum absolute atomic E-state index is 11.0. The van der Waals surface area contributed by atoms with Crippen molar-refractivity contribution in [2.45, 2.75) is 20.0 Å². The number of hydrogen-bond acceptors (Lipinski definition) is 3. The highest BCUT2D eigenvalue weighted by molar-refractivity contribution is 6.33. The number of rotatable bonds is 3. The zero-order valence-corrected chi connectivity index (χ0v) is 10.2.